The third-order valence-corrected chi connectivity index (χ3v) is 6.15. The van der Waals surface area contributed by atoms with Crippen LogP contribution in [0.3, 0.4) is 0 Å². The number of carbonyl (C=O) groups excluding carboxylic acids is 1. The first-order chi connectivity index (χ1) is 15.1. The molecule has 2 heterocycles. The maximum atomic E-state index is 12.9. The molecule has 4 rings (SSSR count). The summed E-state index contributed by atoms with van der Waals surface area (Å²) in [5, 5.41) is 3.13. The number of benzene rings is 2. The van der Waals surface area contributed by atoms with Crippen molar-refractivity contribution in [2.75, 3.05) is 60.8 Å². The first-order valence-electron chi connectivity index (χ1n) is 10.6. The fourth-order valence-electron chi connectivity index (χ4n) is 4.25. The zero-order chi connectivity index (χ0) is 21.8. The van der Waals surface area contributed by atoms with E-state index >= 15 is 0 Å². The van der Waals surface area contributed by atoms with Crippen molar-refractivity contribution in [2.24, 2.45) is 0 Å². The van der Waals surface area contributed by atoms with Crippen LogP contribution in [0.4, 0.5) is 0 Å². The second-order valence-corrected chi connectivity index (χ2v) is 8.06. The fraction of sp³-hybridized carbons (Fsp3) is 0.435. The minimum atomic E-state index is -0.133. The van der Waals surface area contributed by atoms with E-state index in [1.807, 2.05) is 12.1 Å². The quantitative estimate of drug-likeness (QED) is 0.544. The van der Waals surface area contributed by atoms with Crippen molar-refractivity contribution in [3.05, 3.63) is 47.5 Å². The van der Waals surface area contributed by atoms with Gasteiger partial charge in [-0.3, -0.25) is 4.79 Å². The molecule has 2 aromatic carbocycles. The highest BCUT2D eigenvalue weighted by molar-refractivity contribution is 5.94. The molecule has 0 aromatic heterocycles. The van der Waals surface area contributed by atoms with Gasteiger partial charge in [-0.25, -0.2) is 0 Å². The highest BCUT2D eigenvalue weighted by Gasteiger charge is 2.31. The summed E-state index contributed by atoms with van der Waals surface area (Å²) in [5.74, 6) is 2.55. The molecule has 0 radical (unpaired) electrons. The van der Waals surface area contributed by atoms with Crippen LogP contribution in [0.25, 0.3) is 0 Å². The predicted molar refractivity (Wildman–Crippen MR) is 115 cm³/mol. The minimum absolute atomic E-state index is 0.131. The molecule has 1 saturated heterocycles. The minimum Gasteiger partial charge on any atom is -0.493 e. The first-order valence-corrected chi connectivity index (χ1v) is 10.6. The predicted octanol–water partition coefficient (Wildman–Crippen LogP) is -0.683. The lowest BCUT2D eigenvalue weighted by Crippen LogP contribution is -3.27. The molecular weight excluding hydrogens is 398 g/mol. The molecule has 8 heteroatoms. The number of hydrogen-bond donors (Lipinski definition) is 3. The Morgan fingerprint density at radius 3 is 2.48 bits per heavy atom. The summed E-state index contributed by atoms with van der Waals surface area (Å²) >= 11 is 0. The van der Waals surface area contributed by atoms with E-state index in [9.17, 15) is 4.79 Å². The number of rotatable bonds is 7. The summed E-state index contributed by atoms with van der Waals surface area (Å²) in [7, 11) is 5.37. The number of nitrogens with one attached hydrogen (secondary N) is 3. The first kappa shape index (κ1) is 21.3. The van der Waals surface area contributed by atoms with Crippen LogP contribution in [-0.4, -0.2) is 66.7 Å². The average molecular weight is 430 g/mol. The van der Waals surface area contributed by atoms with Crippen LogP contribution in [0, 0.1) is 0 Å². The molecule has 31 heavy (non-hydrogen) atoms. The smallest absolute Gasteiger partial charge is 0.251 e. The Hall–Kier alpha value is -2.97. The molecule has 0 bridgehead atoms. The van der Waals surface area contributed by atoms with Gasteiger partial charge in [-0.1, -0.05) is 0 Å². The Morgan fingerprint density at radius 2 is 1.74 bits per heavy atom. The molecule has 8 nitrogen and oxygen atoms in total. The molecule has 1 fully saturated rings. The maximum Gasteiger partial charge on any atom is 0.251 e. The van der Waals surface area contributed by atoms with Crippen molar-refractivity contribution in [3.8, 4) is 23.0 Å². The average Bonchev–Trinajstić information content (AvgIpc) is 3.27. The van der Waals surface area contributed by atoms with Gasteiger partial charge in [-0.05, 0) is 36.4 Å². The third-order valence-electron chi connectivity index (χ3n) is 6.15. The Kier molecular flexibility index (Phi) is 6.48. The van der Waals surface area contributed by atoms with Crippen molar-refractivity contribution in [1.82, 2.24) is 5.32 Å². The number of hydrogen-bond acceptors (Lipinski definition) is 5. The molecule has 2 aromatic rings. The van der Waals surface area contributed by atoms with Gasteiger partial charge < -0.3 is 34.1 Å². The van der Waals surface area contributed by atoms with E-state index in [0.29, 0.717) is 23.6 Å². The highest BCUT2D eigenvalue weighted by atomic mass is 16.7. The van der Waals surface area contributed by atoms with Crippen molar-refractivity contribution >= 4 is 5.91 Å². The summed E-state index contributed by atoms with van der Waals surface area (Å²) < 4.78 is 21.7. The van der Waals surface area contributed by atoms with Crippen LogP contribution < -0.4 is 34.1 Å². The Morgan fingerprint density at radius 1 is 1.00 bits per heavy atom. The topological polar surface area (TPSA) is 74.9 Å². The number of piperazine rings is 1. The Bertz CT molecular complexity index is 927. The van der Waals surface area contributed by atoms with Gasteiger partial charge in [0.15, 0.2) is 23.0 Å². The molecule has 1 atom stereocenters. The second kappa shape index (κ2) is 9.45. The largest absolute Gasteiger partial charge is 0.493 e. The molecule has 2 aliphatic heterocycles. The van der Waals surface area contributed by atoms with E-state index < -0.39 is 0 Å². The zero-order valence-corrected chi connectivity index (χ0v) is 18.3. The van der Waals surface area contributed by atoms with Gasteiger partial charge in [0.2, 0.25) is 6.79 Å². The van der Waals surface area contributed by atoms with Gasteiger partial charge in [0.05, 0.1) is 27.8 Å². The number of fused-ring (bicyclic) bond motifs is 1. The fourth-order valence-corrected chi connectivity index (χ4v) is 4.25. The second-order valence-electron chi connectivity index (χ2n) is 8.06. The van der Waals surface area contributed by atoms with Crippen molar-refractivity contribution < 1.29 is 33.5 Å². The molecular formula is C23H31N3O5+2. The summed E-state index contributed by atoms with van der Waals surface area (Å²) in [6, 6.07) is 11.4. The van der Waals surface area contributed by atoms with Crippen LogP contribution in [-0.2, 0) is 0 Å². The van der Waals surface area contributed by atoms with E-state index in [1.54, 1.807) is 37.3 Å². The molecule has 0 aliphatic carbocycles. The number of ether oxygens (including phenoxy) is 4. The van der Waals surface area contributed by atoms with Crippen LogP contribution in [0.15, 0.2) is 36.4 Å². The van der Waals surface area contributed by atoms with Crippen LogP contribution >= 0.6 is 0 Å². The Balaban J connectivity index is 1.51. The van der Waals surface area contributed by atoms with Gasteiger partial charge in [0.25, 0.3) is 5.91 Å². The lowest BCUT2D eigenvalue weighted by Gasteiger charge is -2.33. The van der Waals surface area contributed by atoms with Crippen molar-refractivity contribution in [2.45, 2.75) is 6.04 Å². The summed E-state index contributed by atoms with van der Waals surface area (Å²) in [6.45, 7) is 5.11. The van der Waals surface area contributed by atoms with Crippen molar-refractivity contribution in [3.63, 3.8) is 0 Å². The highest BCUT2D eigenvalue weighted by Crippen LogP contribution is 2.33. The standard InChI is InChI=1S/C23H29N3O5/c1-25-8-10-26(11-9-25)18(16-4-7-20-22(12-16)31-15-30-20)14-24-23(27)17-5-6-19(28-2)21(13-17)29-3/h4-7,12-13,18H,8-11,14-15H2,1-3H3,(H,24,27)/p+2/t18-/m0/s1. The summed E-state index contributed by atoms with van der Waals surface area (Å²) in [5.41, 5.74) is 1.69. The van der Waals surface area contributed by atoms with Gasteiger partial charge in [0, 0.05) is 11.1 Å². The van der Waals surface area contributed by atoms with Crippen LogP contribution in [0.5, 0.6) is 23.0 Å². The normalized spacial score (nSPS) is 20.7. The lowest BCUT2D eigenvalue weighted by atomic mass is 10.0. The van der Waals surface area contributed by atoms with Gasteiger partial charge in [-0.2, -0.15) is 0 Å². The zero-order valence-electron chi connectivity index (χ0n) is 18.3. The maximum absolute atomic E-state index is 12.9. The molecule has 166 valence electrons. The van der Waals surface area contributed by atoms with Crippen LogP contribution in [0.1, 0.15) is 22.0 Å². The number of quaternary nitrogens is 2. The summed E-state index contributed by atoms with van der Waals surface area (Å²) in [6.07, 6.45) is 0. The third kappa shape index (κ3) is 4.70. The molecule has 0 unspecified atom stereocenters. The molecule has 3 N–H and O–H groups in total. The SMILES string of the molecule is COc1ccc(C(=O)NC[C@@H](c2ccc3c(c2)OCO3)[NH+]2CC[NH+](C)CC2)cc1OC. The molecule has 0 spiro atoms. The number of carbonyl (C=O) groups is 1. The Labute approximate surface area is 182 Å². The van der Waals surface area contributed by atoms with E-state index in [4.69, 9.17) is 18.9 Å². The monoisotopic (exact) mass is 429 g/mol. The van der Waals surface area contributed by atoms with Gasteiger partial charge >= 0.3 is 0 Å². The lowest BCUT2D eigenvalue weighted by molar-refractivity contribution is -1.02. The number of methoxy groups -OCH3 is 2. The van der Waals surface area contributed by atoms with E-state index in [1.165, 1.54) is 4.90 Å². The molecule has 0 saturated carbocycles. The van der Waals surface area contributed by atoms with Gasteiger partial charge in [-0.15, -0.1) is 0 Å². The van der Waals surface area contributed by atoms with E-state index in [0.717, 1.165) is 43.2 Å². The number of likely N-dealkylation sites (N-methyl/N-ethyl adjacent to an activating group) is 1. The molecule has 1 amide bonds. The van der Waals surface area contributed by atoms with E-state index in [2.05, 4.69) is 18.4 Å². The number of amides is 1. The summed E-state index contributed by atoms with van der Waals surface area (Å²) in [4.78, 5) is 15.9. The van der Waals surface area contributed by atoms with Gasteiger partial charge in [0.1, 0.15) is 32.2 Å². The van der Waals surface area contributed by atoms with E-state index in [-0.39, 0.29) is 18.7 Å². The van der Waals surface area contributed by atoms with Crippen LogP contribution in [0.2, 0.25) is 0 Å². The van der Waals surface area contributed by atoms with Crippen molar-refractivity contribution in [1.29, 1.82) is 0 Å². The molecule has 2 aliphatic rings.